The Morgan fingerprint density at radius 2 is 2.17 bits per heavy atom. The number of carbonyl (C=O) groups excluding carboxylic acids is 1. The quantitative estimate of drug-likeness (QED) is 0.939. The van der Waals surface area contributed by atoms with Crippen molar-refractivity contribution in [1.82, 2.24) is 24.8 Å². The summed E-state index contributed by atoms with van der Waals surface area (Å²) in [5, 5.41) is 2.90. The van der Waals surface area contributed by atoms with Gasteiger partial charge < -0.3 is 14.8 Å². The largest absolute Gasteiger partial charge is 0.338 e. The van der Waals surface area contributed by atoms with Crippen LogP contribution in [-0.2, 0) is 6.54 Å². The summed E-state index contributed by atoms with van der Waals surface area (Å²) in [6.07, 6.45) is 7.70. The number of pyridine rings is 1. The smallest absolute Gasteiger partial charge is 0.317 e. The van der Waals surface area contributed by atoms with Gasteiger partial charge in [0.05, 0.1) is 0 Å². The van der Waals surface area contributed by atoms with Crippen molar-refractivity contribution in [3.63, 3.8) is 0 Å². The number of nitrogens with one attached hydrogen (secondary N) is 1. The van der Waals surface area contributed by atoms with Crippen LogP contribution in [0.2, 0.25) is 0 Å². The van der Waals surface area contributed by atoms with Crippen molar-refractivity contribution in [3.05, 3.63) is 36.4 Å². The van der Waals surface area contributed by atoms with E-state index in [2.05, 4.69) is 26.8 Å². The highest BCUT2D eigenvalue weighted by Crippen LogP contribution is 2.24. The summed E-state index contributed by atoms with van der Waals surface area (Å²) < 4.78 is 2.27. The first-order chi connectivity index (χ1) is 11.7. The monoisotopic (exact) mass is 327 g/mol. The van der Waals surface area contributed by atoms with Crippen LogP contribution in [0.4, 0.5) is 4.79 Å². The van der Waals surface area contributed by atoms with Gasteiger partial charge in [0.25, 0.3) is 0 Å². The lowest BCUT2D eigenvalue weighted by atomic mass is 9.98. The molecule has 6 heteroatoms. The highest BCUT2D eigenvalue weighted by molar-refractivity contribution is 5.74. The van der Waals surface area contributed by atoms with Crippen LogP contribution < -0.4 is 5.32 Å². The lowest BCUT2D eigenvalue weighted by Crippen LogP contribution is -2.46. The average molecular weight is 327 g/mol. The van der Waals surface area contributed by atoms with Crippen molar-refractivity contribution < 1.29 is 4.79 Å². The molecule has 6 nitrogen and oxygen atoms in total. The molecule has 3 rings (SSSR count). The molecule has 1 aliphatic rings. The van der Waals surface area contributed by atoms with Gasteiger partial charge >= 0.3 is 6.03 Å². The Hall–Kier alpha value is -2.37. The first kappa shape index (κ1) is 16.5. The molecule has 0 radical (unpaired) electrons. The van der Waals surface area contributed by atoms with Crippen LogP contribution in [0.25, 0.3) is 11.4 Å². The third kappa shape index (κ3) is 3.58. The van der Waals surface area contributed by atoms with Crippen LogP contribution in [0.15, 0.2) is 30.7 Å². The minimum Gasteiger partial charge on any atom is -0.338 e. The zero-order valence-corrected chi connectivity index (χ0v) is 14.4. The zero-order valence-electron chi connectivity index (χ0n) is 14.4. The summed E-state index contributed by atoms with van der Waals surface area (Å²) in [6.45, 7) is 7.26. The van der Waals surface area contributed by atoms with Gasteiger partial charge in [0.1, 0.15) is 5.82 Å². The summed E-state index contributed by atoms with van der Waals surface area (Å²) in [6, 6.07) is 4.03. The number of urea groups is 1. The molecule has 1 atom stereocenters. The number of aromatic nitrogens is 3. The van der Waals surface area contributed by atoms with Crippen LogP contribution in [0, 0.1) is 12.8 Å². The molecule has 1 fully saturated rings. The van der Waals surface area contributed by atoms with Crippen LogP contribution in [0.5, 0.6) is 0 Å². The van der Waals surface area contributed by atoms with Crippen molar-refractivity contribution >= 4 is 6.03 Å². The fraction of sp³-hybridized carbons (Fsp3) is 0.500. The molecule has 1 saturated heterocycles. The van der Waals surface area contributed by atoms with Crippen LogP contribution in [-0.4, -0.2) is 45.1 Å². The maximum atomic E-state index is 12.1. The Morgan fingerprint density at radius 1 is 1.38 bits per heavy atom. The third-order valence-electron chi connectivity index (χ3n) is 4.57. The number of amides is 2. The molecule has 3 heterocycles. The second kappa shape index (κ2) is 7.47. The standard InChI is InChI=1S/C18H25N5O/c1-3-20-18(24)22-10-4-5-15(12-22)13-23-14(2)11-21-17(23)16-6-8-19-9-7-16/h6-9,11,15H,3-5,10,12-13H2,1-2H3,(H,20,24). The van der Waals surface area contributed by atoms with Crippen molar-refractivity contribution in [3.8, 4) is 11.4 Å². The van der Waals surface area contributed by atoms with E-state index in [1.165, 1.54) is 0 Å². The molecule has 0 saturated carbocycles. The predicted molar refractivity (Wildman–Crippen MR) is 93.6 cm³/mol. The minimum atomic E-state index is 0.0545. The molecular formula is C18H25N5O. The molecule has 2 aromatic rings. The van der Waals surface area contributed by atoms with E-state index in [0.29, 0.717) is 12.5 Å². The number of nitrogens with zero attached hydrogens (tertiary/aromatic N) is 4. The SMILES string of the molecule is CCNC(=O)N1CCCC(Cn2c(C)cnc2-c2ccncc2)C1. The van der Waals surface area contributed by atoms with Gasteiger partial charge in [-0.2, -0.15) is 0 Å². The lowest BCUT2D eigenvalue weighted by Gasteiger charge is -2.33. The van der Waals surface area contributed by atoms with Crippen LogP contribution in [0.3, 0.4) is 0 Å². The Bertz CT molecular complexity index is 682. The highest BCUT2D eigenvalue weighted by atomic mass is 16.2. The number of aryl methyl sites for hydroxylation is 1. The number of carbonyl (C=O) groups is 1. The van der Waals surface area contributed by atoms with E-state index in [-0.39, 0.29) is 6.03 Å². The van der Waals surface area contributed by atoms with E-state index in [1.54, 1.807) is 12.4 Å². The number of likely N-dealkylation sites (tertiary alicyclic amines) is 1. The van der Waals surface area contributed by atoms with E-state index >= 15 is 0 Å². The maximum Gasteiger partial charge on any atom is 0.317 e. The summed E-state index contributed by atoms with van der Waals surface area (Å²) in [7, 11) is 0. The first-order valence-electron chi connectivity index (χ1n) is 8.64. The predicted octanol–water partition coefficient (Wildman–Crippen LogP) is 2.70. The number of hydrogen-bond acceptors (Lipinski definition) is 3. The van der Waals surface area contributed by atoms with Crippen molar-refractivity contribution in [2.75, 3.05) is 19.6 Å². The molecule has 0 bridgehead atoms. The zero-order chi connectivity index (χ0) is 16.9. The Balaban J connectivity index is 1.74. The first-order valence-corrected chi connectivity index (χ1v) is 8.64. The Morgan fingerprint density at radius 3 is 2.92 bits per heavy atom. The second-order valence-corrected chi connectivity index (χ2v) is 6.36. The topological polar surface area (TPSA) is 63.1 Å². The molecular weight excluding hydrogens is 302 g/mol. The minimum absolute atomic E-state index is 0.0545. The van der Waals surface area contributed by atoms with E-state index in [0.717, 1.165) is 49.6 Å². The number of hydrogen-bond donors (Lipinski definition) is 1. The lowest BCUT2D eigenvalue weighted by molar-refractivity contribution is 0.160. The normalized spacial score (nSPS) is 17.8. The van der Waals surface area contributed by atoms with E-state index in [9.17, 15) is 4.79 Å². The van der Waals surface area contributed by atoms with E-state index in [1.807, 2.05) is 30.2 Å². The molecule has 0 aromatic carbocycles. The van der Waals surface area contributed by atoms with Crippen LogP contribution >= 0.6 is 0 Å². The van der Waals surface area contributed by atoms with Crippen molar-refractivity contribution in [2.45, 2.75) is 33.2 Å². The van der Waals surface area contributed by atoms with Gasteiger partial charge in [0, 0.05) is 56.0 Å². The third-order valence-corrected chi connectivity index (χ3v) is 4.57. The molecule has 24 heavy (non-hydrogen) atoms. The molecule has 2 amide bonds. The van der Waals surface area contributed by atoms with Crippen LogP contribution in [0.1, 0.15) is 25.5 Å². The van der Waals surface area contributed by atoms with Gasteiger partial charge in [-0.05, 0) is 44.7 Å². The van der Waals surface area contributed by atoms with Crippen molar-refractivity contribution in [1.29, 1.82) is 0 Å². The van der Waals surface area contributed by atoms with E-state index < -0.39 is 0 Å². The fourth-order valence-electron chi connectivity index (χ4n) is 3.34. The van der Waals surface area contributed by atoms with Gasteiger partial charge in [-0.25, -0.2) is 9.78 Å². The van der Waals surface area contributed by atoms with Crippen molar-refractivity contribution in [2.24, 2.45) is 5.92 Å². The Labute approximate surface area is 142 Å². The number of piperidine rings is 1. The Kier molecular flexibility index (Phi) is 5.13. The van der Waals surface area contributed by atoms with Gasteiger partial charge in [-0.15, -0.1) is 0 Å². The average Bonchev–Trinajstić information content (AvgIpc) is 2.97. The number of imidazole rings is 1. The molecule has 1 N–H and O–H groups in total. The van der Waals surface area contributed by atoms with E-state index in [4.69, 9.17) is 0 Å². The fourth-order valence-corrected chi connectivity index (χ4v) is 3.34. The summed E-state index contributed by atoms with van der Waals surface area (Å²) in [5.74, 6) is 1.43. The maximum absolute atomic E-state index is 12.1. The van der Waals surface area contributed by atoms with Gasteiger partial charge in [0.2, 0.25) is 0 Å². The highest BCUT2D eigenvalue weighted by Gasteiger charge is 2.24. The van der Waals surface area contributed by atoms with Gasteiger partial charge in [-0.3, -0.25) is 4.98 Å². The van der Waals surface area contributed by atoms with Gasteiger partial charge in [0.15, 0.2) is 0 Å². The molecule has 1 aliphatic heterocycles. The molecule has 2 aromatic heterocycles. The molecule has 1 unspecified atom stereocenters. The van der Waals surface area contributed by atoms with Gasteiger partial charge in [-0.1, -0.05) is 0 Å². The summed E-state index contributed by atoms with van der Waals surface area (Å²) in [4.78, 5) is 22.7. The summed E-state index contributed by atoms with van der Waals surface area (Å²) in [5.41, 5.74) is 2.23. The molecule has 0 aliphatic carbocycles. The second-order valence-electron chi connectivity index (χ2n) is 6.36. The molecule has 128 valence electrons. The molecule has 0 spiro atoms. The number of rotatable bonds is 4. The summed E-state index contributed by atoms with van der Waals surface area (Å²) >= 11 is 0.